The lowest BCUT2D eigenvalue weighted by atomic mass is 10.2. The molecular formula is C18H16F2N2O3. The maximum Gasteiger partial charge on any atom is 0.260 e. The van der Waals surface area contributed by atoms with Gasteiger partial charge in [-0.1, -0.05) is 6.07 Å². The van der Waals surface area contributed by atoms with Crippen molar-refractivity contribution in [2.75, 3.05) is 20.8 Å². The molecule has 0 radical (unpaired) electrons. The average molecular weight is 346 g/mol. The van der Waals surface area contributed by atoms with Gasteiger partial charge in [0.05, 0.1) is 18.7 Å². The highest BCUT2D eigenvalue weighted by molar-refractivity contribution is 5.77. The van der Waals surface area contributed by atoms with E-state index in [4.69, 9.17) is 14.7 Å². The fourth-order valence-corrected chi connectivity index (χ4v) is 2.10. The van der Waals surface area contributed by atoms with Crippen molar-refractivity contribution in [2.45, 2.75) is 6.54 Å². The lowest BCUT2D eigenvalue weighted by Crippen LogP contribution is -2.31. The van der Waals surface area contributed by atoms with E-state index in [-0.39, 0.29) is 18.7 Å². The van der Waals surface area contributed by atoms with E-state index in [0.29, 0.717) is 17.1 Å². The minimum absolute atomic E-state index is 0.0151. The van der Waals surface area contributed by atoms with E-state index >= 15 is 0 Å². The molecule has 2 aromatic rings. The van der Waals surface area contributed by atoms with Crippen LogP contribution in [0.5, 0.6) is 11.5 Å². The third-order valence-electron chi connectivity index (χ3n) is 3.49. The van der Waals surface area contributed by atoms with Gasteiger partial charge in [0, 0.05) is 31.3 Å². The van der Waals surface area contributed by atoms with Crippen LogP contribution in [0.2, 0.25) is 0 Å². The van der Waals surface area contributed by atoms with Gasteiger partial charge in [0.1, 0.15) is 11.6 Å². The molecule has 0 spiro atoms. The summed E-state index contributed by atoms with van der Waals surface area (Å²) in [4.78, 5) is 13.4. The number of likely N-dealkylation sites (N-methyl/N-ethyl adjacent to an activating group) is 1. The molecule has 0 aliphatic carbocycles. The molecule has 2 aromatic carbocycles. The summed E-state index contributed by atoms with van der Waals surface area (Å²) in [6.45, 7) is -0.305. The predicted molar refractivity (Wildman–Crippen MR) is 86.0 cm³/mol. The van der Waals surface area contributed by atoms with Crippen molar-refractivity contribution in [3.63, 3.8) is 0 Å². The van der Waals surface area contributed by atoms with Gasteiger partial charge in [0.2, 0.25) is 0 Å². The molecule has 5 nitrogen and oxygen atoms in total. The van der Waals surface area contributed by atoms with Gasteiger partial charge in [-0.05, 0) is 18.2 Å². The number of methoxy groups -OCH3 is 1. The Hall–Kier alpha value is -3.14. The number of nitrogens with zero attached hydrogens (tertiary/aromatic N) is 2. The highest BCUT2D eigenvalue weighted by Gasteiger charge is 2.14. The van der Waals surface area contributed by atoms with Gasteiger partial charge < -0.3 is 14.4 Å². The molecule has 0 unspecified atom stereocenters. The fourth-order valence-electron chi connectivity index (χ4n) is 2.10. The molecule has 0 saturated carbocycles. The SMILES string of the molecule is COc1cc(C#N)ccc1OCC(=O)N(C)Cc1ccc(F)cc1F. The minimum atomic E-state index is -0.714. The standard InChI is InChI=1S/C18H16F2N2O3/c1-22(10-13-4-5-14(19)8-15(13)20)18(23)11-25-16-6-3-12(9-21)7-17(16)24-2/h3-8H,10-11H2,1-2H3. The summed E-state index contributed by atoms with van der Waals surface area (Å²) in [6.07, 6.45) is 0. The van der Waals surface area contributed by atoms with Gasteiger partial charge in [-0.3, -0.25) is 4.79 Å². The molecule has 0 saturated heterocycles. The molecule has 0 N–H and O–H groups in total. The van der Waals surface area contributed by atoms with E-state index in [1.807, 2.05) is 6.07 Å². The van der Waals surface area contributed by atoms with Crippen molar-refractivity contribution in [3.05, 3.63) is 59.2 Å². The van der Waals surface area contributed by atoms with Crippen molar-refractivity contribution in [2.24, 2.45) is 0 Å². The predicted octanol–water partition coefficient (Wildman–Crippen LogP) is 2.88. The number of amides is 1. The summed E-state index contributed by atoms with van der Waals surface area (Å²) < 4.78 is 37.1. The molecule has 0 heterocycles. The van der Waals surface area contributed by atoms with Crippen molar-refractivity contribution in [1.82, 2.24) is 4.90 Å². The number of benzene rings is 2. The first-order valence-corrected chi connectivity index (χ1v) is 7.33. The topological polar surface area (TPSA) is 62.6 Å². The van der Waals surface area contributed by atoms with Gasteiger partial charge in [0.15, 0.2) is 18.1 Å². The monoisotopic (exact) mass is 346 g/mol. The highest BCUT2D eigenvalue weighted by atomic mass is 19.1. The van der Waals surface area contributed by atoms with E-state index < -0.39 is 17.5 Å². The molecule has 0 fully saturated rings. The Labute approximate surface area is 144 Å². The van der Waals surface area contributed by atoms with Gasteiger partial charge in [-0.2, -0.15) is 5.26 Å². The van der Waals surface area contributed by atoms with Crippen LogP contribution in [0.25, 0.3) is 0 Å². The van der Waals surface area contributed by atoms with E-state index in [0.717, 1.165) is 12.1 Å². The van der Waals surface area contributed by atoms with Crippen LogP contribution in [0, 0.1) is 23.0 Å². The fraction of sp³-hybridized carbons (Fsp3) is 0.222. The van der Waals surface area contributed by atoms with Crippen molar-refractivity contribution < 1.29 is 23.0 Å². The van der Waals surface area contributed by atoms with Crippen molar-refractivity contribution in [3.8, 4) is 17.6 Å². The third-order valence-corrected chi connectivity index (χ3v) is 3.49. The molecule has 130 valence electrons. The van der Waals surface area contributed by atoms with Crippen LogP contribution in [-0.2, 0) is 11.3 Å². The Balaban J connectivity index is 1.99. The van der Waals surface area contributed by atoms with Gasteiger partial charge in [-0.25, -0.2) is 8.78 Å². The Morgan fingerprint density at radius 1 is 1.20 bits per heavy atom. The summed E-state index contributed by atoms with van der Waals surface area (Å²) in [6, 6.07) is 9.74. The molecule has 2 rings (SSSR count). The van der Waals surface area contributed by atoms with Gasteiger partial charge in [0.25, 0.3) is 5.91 Å². The van der Waals surface area contributed by atoms with Crippen LogP contribution in [0.15, 0.2) is 36.4 Å². The normalized spacial score (nSPS) is 10.0. The molecule has 0 bridgehead atoms. The Morgan fingerprint density at radius 2 is 1.96 bits per heavy atom. The zero-order valence-corrected chi connectivity index (χ0v) is 13.8. The second-order valence-electron chi connectivity index (χ2n) is 5.25. The van der Waals surface area contributed by atoms with E-state index in [9.17, 15) is 13.6 Å². The highest BCUT2D eigenvalue weighted by Crippen LogP contribution is 2.27. The third kappa shape index (κ3) is 4.67. The molecule has 0 aromatic heterocycles. The summed E-state index contributed by atoms with van der Waals surface area (Å²) in [5.41, 5.74) is 0.604. The van der Waals surface area contributed by atoms with Crippen LogP contribution in [0.3, 0.4) is 0 Å². The van der Waals surface area contributed by atoms with Crippen LogP contribution >= 0.6 is 0 Å². The first-order valence-electron chi connectivity index (χ1n) is 7.33. The zero-order valence-electron chi connectivity index (χ0n) is 13.8. The van der Waals surface area contributed by atoms with Crippen LogP contribution in [-0.4, -0.2) is 31.6 Å². The van der Waals surface area contributed by atoms with Gasteiger partial charge >= 0.3 is 0 Å². The number of halogens is 2. The molecular weight excluding hydrogens is 330 g/mol. The van der Waals surface area contributed by atoms with E-state index in [1.54, 1.807) is 6.07 Å². The number of hydrogen-bond acceptors (Lipinski definition) is 4. The smallest absolute Gasteiger partial charge is 0.260 e. The van der Waals surface area contributed by atoms with E-state index in [2.05, 4.69) is 0 Å². The summed E-state index contributed by atoms with van der Waals surface area (Å²) >= 11 is 0. The number of nitriles is 1. The largest absolute Gasteiger partial charge is 0.493 e. The lowest BCUT2D eigenvalue weighted by Gasteiger charge is -2.18. The maximum absolute atomic E-state index is 13.6. The Bertz CT molecular complexity index is 818. The molecule has 0 atom stereocenters. The Morgan fingerprint density at radius 3 is 2.60 bits per heavy atom. The number of ether oxygens (including phenoxy) is 2. The number of rotatable bonds is 6. The minimum Gasteiger partial charge on any atom is -0.493 e. The van der Waals surface area contributed by atoms with Crippen LogP contribution in [0.4, 0.5) is 8.78 Å². The molecule has 1 amide bonds. The first kappa shape index (κ1) is 18.2. The Kier molecular flexibility index (Phi) is 5.90. The lowest BCUT2D eigenvalue weighted by molar-refractivity contribution is -0.132. The molecule has 0 aliphatic rings. The van der Waals surface area contributed by atoms with E-state index in [1.165, 1.54) is 37.3 Å². The quantitative estimate of drug-likeness (QED) is 0.807. The maximum atomic E-state index is 13.6. The summed E-state index contributed by atoms with van der Waals surface area (Å²) in [5, 5.41) is 8.86. The second-order valence-corrected chi connectivity index (χ2v) is 5.25. The molecule has 7 heteroatoms. The number of carbonyl (C=O) groups is 1. The molecule has 0 aliphatic heterocycles. The number of carbonyl (C=O) groups excluding carboxylic acids is 1. The second kappa shape index (κ2) is 8.11. The number of hydrogen-bond donors (Lipinski definition) is 0. The van der Waals surface area contributed by atoms with Crippen LogP contribution in [0.1, 0.15) is 11.1 Å². The molecule has 25 heavy (non-hydrogen) atoms. The van der Waals surface area contributed by atoms with Crippen molar-refractivity contribution in [1.29, 1.82) is 5.26 Å². The van der Waals surface area contributed by atoms with Crippen LogP contribution < -0.4 is 9.47 Å². The average Bonchev–Trinajstić information content (AvgIpc) is 2.61. The first-order chi connectivity index (χ1) is 11.9. The summed E-state index contributed by atoms with van der Waals surface area (Å²) in [5.74, 6) is -1.13. The van der Waals surface area contributed by atoms with Gasteiger partial charge in [-0.15, -0.1) is 0 Å². The summed E-state index contributed by atoms with van der Waals surface area (Å²) in [7, 11) is 2.92. The van der Waals surface area contributed by atoms with Crippen molar-refractivity contribution >= 4 is 5.91 Å². The zero-order chi connectivity index (χ0) is 18.4.